The Hall–Kier alpha value is -2.00. The summed E-state index contributed by atoms with van der Waals surface area (Å²) in [6.45, 7) is 0.379. The number of carbonyl (C=O) groups is 1. The fourth-order valence-corrected chi connectivity index (χ4v) is 3.83. The molecule has 0 bridgehead atoms. The first-order chi connectivity index (χ1) is 10.5. The molecule has 1 fully saturated rings. The number of rotatable bonds is 3. The number of hydrogen-bond donors (Lipinski definition) is 1. The maximum atomic E-state index is 12.5. The highest BCUT2D eigenvalue weighted by atomic mass is 32.2. The van der Waals surface area contributed by atoms with E-state index in [4.69, 9.17) is 0 Å². The first kappa shape index (κ1) is 14.9. The molecule has 1 amide bonds. The number of aromatic nitrogens is 3. The third-order valence-electron chi connectivity index (χ3n) is 3.72. The number of amides is 1. The lowest BCUT2D eigenvalue weighted by Gasteiger charge is -2.32. The molecule has 2 aromatic heterocycles. The fourth-order valence-electron chi connectivity index (χ4n) is 2.70. The van der Waals surface area contributed by atoms with E-state index in [2.05, 4.69) is 15.4 Å². The highest BCUT2D eigenvalue weighted by Crippen LogP contribution is 2.21. The number of hydrogen-bond acceptors (Lipinski definition) is 5. The number of sulfonamides is 1. The third-order valence-corrected chi connectivity index (χ3v) is 5.01. The molecule has 1 atom stereocenters. The maximum absolute atomic E-state index is 12.5. The van der Waals surface area contributed by atoms with Crippen molar-refractivity contribution in [1.29, 1.82) is 0 Å². The van der Waals surface area contributed by atoms with Crippen molar-refractivity contribution in [3.63, 3.8) is 0 Å². The molecule has 0 aromatic carbocycles. The van der Waals surface area contributed by atoms with Gasteiger partial charge in [-0.3, -0.25) is 4.79 Å². The summed E-state index contributed by atoms with van der Waals surface area (Å²) in [6.07, 6.45) is 6.42. The smallest absolute Gasteiger partial charge is 0.243 e. The lowest BCUT2D eigenvalue weighted by atomic mass is 10.0. The van der Waals surface area contributed by atoms with Crippen LogP contribution in [0, 0.1) is 0 Å². The van der Waals surface area contributed by atoms with Gasteiger partial charge >= 0.3 is 0 Å². The topological polar surface area (TPSA) is 96.7 Å². The summed E-state index contributed by atoms with van der Waals surface area (Å²) in [5, 5.41) is 6.85. The van der Waals surface area contributed by atoms with Crippen LogP contribution < -0.4 is 5.32 Å². The van der Waals surface area contributed by atoms with Crippen molar-refractivity contribution in [2.45, 2.75) is 25.3 Å². The average molecular weight is 323 g/mol. The second-order valence-electron chi connectivity index (χ2n) is 5.31. The number of nitrogens with zero attached hydrogens (tertiary/aromatic N) is 4. The van der Waals surface area contributed by atoms with Gasteiger partial charge in [-0.2, -0.15) is 13.9 Å². The van der Waals surface area contributed by atoms with Crippen LogP contribution in [0.1, 0.15) is 19.3 Å². The SMILES string of the molecule is CS(=O)(=O)N1CCCC[C@H]1C(=O)Nc1ccnc2ccnn12. The second kappa shape index (κ2) is 5.65. The first-order valence-electron chi connectivity index (χ1n) is 7.03. The minimum absolute atomic E-state index is 0.340. The van der Waals surface area contributed by atoms with Gasteiger partial charge in [0.05, 0.1) is 12.5 Å². The van der Waals surface area contributed by atoms with Crippen molar-refractivity contribution in [2.75, 3.05) is 18.1 Å². The molecule has 22 heavy (non-hydrogen) atoms. The molecule has 0 aliphatic carbocycles. The van der Waals surface area contributed by atoms with E-state index >= 15 is 0 Å². The van der Waals surface area contributed by atoms with Gasteiger partial charge in [0.15, 0.2) is 5.65 Å². The maximum Gasteiger partial charge on any atom is 0.243 e. The van der Waals surface area contributed by atoms with Crippen LogP contribution in [0.15, 0.2) is 24.5 Å². The quantitative estimate of drug-likeness (QED) is 0.886. The summed E-state index contributed by atoms with van der Waals surface area (Å²) in [5.41, 5.74) is 0.612. The molecule has 3 rings (SSSR count). The first-order valence-corrected chi connectivity index (χ1v) is 8.88. The normalized spacial score (nSPS) is 20.1. The predicted molar refractivity (Wildman–Crippen MR) is 80.8 cm³/mol. The molecule has 1 N–H and O–H groups in total. The number of nitrogens with one attached hydrogen (secondary N) is 1. The van der Waals surface area contributed by atoms with Crippen LogP contribution in [0.25, 0.3) is 5.65 Å². The monoisotopic (exact) mass is 323 g/mol. The van der Waals surface area contributed by atoms with E-state index in [1.807, 2.05) is 0 Å². The van der Waals surface area contributed by atoms with Gasteiger partial charge in [-0.25, -0.2) is 13.4 Å². The molecular weight excluding hydrogens is 306 g/mol. The summed E-state index contributed by atoms with van der Waals surface area (Å²) in [4.78, 5) is 16.6. The van der Waals surface area contributed by atoms with Gasteiger partial charge in [0.2, 0.25) is 15.9 Å². The Labute approximate surface area is 128 Å². The van der Waals surface area contributed by atoms with E-state index in [9.17, 15) is 13.2 Å². The van der Waals surface area contributed by atoms with E-state index < -0.39 is 16.1 Å². The fraction of sp³-hybridized carbons (Fsp3) is 0.462. The zero-order valence-corrected chi connectivity index (χ0v) is 13.0. The third kappa shape index (κ3) is 2.81. The molecule has 1 saturated heterocycles. The Bertz CT molecular complexity index is 801. The van der Waals surface area contributed by atoms with Gasteiger partial charge in [0.1, 0.15) is 11.9 Å². The number of piperidine rings is 1. The van der Waals surface area contributed by atoms with E-state index in [-0.39, 0.29) is 5.91 Å². The Morgan fingerprint density at radius 2 is 2.14 bits per heavy atom. The van der Waals surface area contributed by atoms with Crippen LogP contribution in [-0.2, 0) is 14.8 Å². The zero-order valence-electron chi connectivity index (χ0n) is 12.1. The van der Waals surface area contributed by atoms with Gasteiger partial charge in [-0.15, -0.1) is 0 Å². The molecule has 1 aliphatic heterocycles. The molecule has 3 heterocycles. The van der Waals surface area contributed by atoms with Gasteiger partial charge in [-0.1, -0.05) is 6.42 Å². The molecule has 2 aromatic rings. The van der Waals surface area contributed by atoms with Crippen LogP contribution in [-0.4, -0.2) is 52.1 Å². The van der Waals surface area contributed by atoms with Crippen molar-refractivity contribution < 1.29 is 13.2 Å². The van der Waals surface area contributed by atoms with Crippen molar-refractivity contribution in [3.8, 4) is 0 Å². The number of fused-ring (bicyclic) bond motifs is 1. The van der Waals surface area contributed by atoms with Crippen LogP contribution >= 0.6 is 0 Å². The molecule has 0 radical (unpaired) electrons. The average Bonchev–Trinajstić information content (AvgIpc) is 2.96. The lowest BCUT2D eigenvalue weighted by molar-refractivity contribution is -0.120. The summed E-state index contributed by atoms with van der Waals surface area (Å²) in [6, 6.07) is 2.67. The van der Waals surface area contributed by atoms with Gasteiger partial charge in [-0.05, 0) is 18.9 Å². The van der Waals surface area contributed by atoms with Crippen molar-refractivity contribution in [2.24, 2.45) is 0 Å². The molecule has 0 spiro atoms. The molecule has 9 heteroatoms. The van der Waals surface area contributed by atoms with Crippen molar-refractivity contribution >= 4 is 27.4 Å². The summed E-state index contributed by atoms with van der Waals surface area (Å²) < 4.78 is 26.5. The zero-order chi connectivity index (χ0) is 15.7. The molecule has 0 saturated carbocycles. The number of anilines is 1. The van der Waals surface area contributed by atoms with Crippen LogP contribution in [0.4, 0.5) is 5.82 Å². The molecule has 118 valence electrons. The van der Waals surface area contributed by atoms with Crippen molar-refractivity contribution in [1.82, 2.24) is 18.9 Å². The van der Waals surface area contributed by atoms with Gasteiger partial charge in [0, 0.05) is 18.8 Å². The van der Waals surface area contributed by atoms with Crippen LogP contribution in [0.5, 0.6) is 0 Å². The minimum atomic E-state index is -3.41. The molecule has 0 unspecified atom stereocenters. The lowest BCUT2D eigenvalue weighted by Crippen LogP contribution is -2.49. The molecule has 8 nitrogen and oxygen atoms in total. The van der Waals surface area contributed by atoms with E-state index in [1.165, 1.54) is 8.82 Å². The van der Waals surface area contributed by atoms with Gasteiger partial charge < -0.3 is 5.32 Å². The molecular formula is C13H17N5O3S. The summed E-state index contributed by atoms with van der Waals surface area (Å²) in [5.74, 6) is 0.132. The van der Waals surface area contributed by atoms with Crippen LogP contribution in [0.3, 0.4) is 0 Å². The standard InChI is InChI=1S/C13H17N5O3S/c1-22(20,21)17-9-3-2-4-10(17)13(19)16-12-5-7-14-11-6-8-15-18(11)12/h5-8,10H,2-4,9H2,1H3,(H,16,19)/t10-/m0/s1. The Morgan fingerprint density at radius 1 is 1.32 bits per heavy atom. The Kier molecular flexibility index (Phi) is 3.83. The Balaban J connectivity index is 1.85. The van der Waals surface area contributed by atoms with Crippen molar-refractivity contribution in [3.05, 3.63) is 24.5 Å². The highest BCUT2D eigenvalue weighted by Gasteiger charge is 2.34. The van der Waals surface area contributed by atoms with E-state index in [0.717, 1.165) is 19.1 Å². The largest absolute Gasteiger partial charge is 0.309 e. The Morgan fingerprint density at radius 3 is 2.91 bits per heavy atom. The minimum Gasteiger partial charge on any atom is -0.309 e. The molecule has 1 aliphatic rings. The second-order valence-corrected chi connectivity index (χ2v) is 7.24. The van der Waals surface area contributed by atoms with E-state index in [0.29, 0.717) is 24.4 Å². The predicted octanol–water partition coefficient (Wildman–Crippen LogP) is 0.482. The summed E-state index contributed by atoms with van der Waals surface area (Å²) in [7, 11) is -3.41. The summed E-state index contributed by atoms with van der Waals surface area (Å²) >= 11 is 0. The highest BCUT2D eigenvalue weighted by molar-refractivity contribution is 7.88. The van der Waals surface area contributed by atoms with Crippen LogP contribution in [0.2, 0.25) is 0 Å². The van der Waals surface area contributed by atoms with Gasteiger partial charge in [0.25, 0.3) is 0 Å². The number of carbonyl (C=O) groups excluding carboxylic acids is 1. The van der Waals surface area contributed by atoms with E-state index in [1.54, 1.807) is 24.5 Å².